The summed E-state index contributed by atoms with van der Waals surface area (Å²) in [6.45, 7) is 1.66. The maximum absolute atomic E-state index is 13.1. The van der Waals surface area contributed by atoms with Gasteiger partial charge in [-0.1, -0.05) is 6.08 Å². The van der Waals surface area contributed by atoms with E-state index in [0.717, 1.165) is 0 Å². The molecule has 0 saturated carbocycles. The number of halogens is 3. The fraction of sp³-hybridized carbons (Fsp3) is 0.100. The highest BCUT2D eigenvalue weighted by Crippen LogP contribution is 2.23. The molecule has 15 heavy (non-hydrogen) atoms. The molecule has 0 unspecified atom stereocenters. The van der Waals surface area contributed by atoms with E-state index >= 15 is 0 Å². The molecular weight excluding hydrogens is 268 g/mol. The fourth-order valence-electron chi connectivity index (χ4n) is 0.944. The fourth-order valence-corrected chi connectivity index (χ4v) is 1.29. The van der Waals surface area contributed by atoms with Crippen LogP contribution in [0.1, 0.15) is 6.92 Å². The van der Waals surface area contributed by atoms with Crippen molar-refractivity contribution in [3.05, 3.63) is 40.4 Å². The van der Waals surface area contributed by atoms with Crippen LogP contribution in [0.15, 0.2) is 28.8 Å². The van der Waals surface area contributed by atoms with Crippen molar-refractivity contribution >= 4 is 27.5 Å². The minimum atomic E-state index is -0.812. The molecule has 0 atom stereocenters. The molecule has 1 rings (SSSR count). The first-order valence-corrected chi connectivity index (χ1v) is 4.92. The number of hydrogen-bond donors (Lipinski definition) is 1. The molecule has 0 bridgehead atoms. The van der Waals surface area contributed by atoms with Crippen LogP contribution in [-0.2, 0) is 4.79 Å². The molecule has 0 saturated heterocycles. The van der Waals surface area contributed by atoms with Crippen molar-refractivity contribution in [2.45, 2.75) is 6.92 Å². The Kier molecular flexibility index (Phi) is 3.96. The zero-order valence-electron chi connectivity index (χ0n) is 7.85. The van der Waals surface area contributed by atoms with E-state index < -0.39 is 17.5 Å². The molecule has 5 heteroatoms. The number of nitrogens with one attached hydrogen (secondary N) is 1. The molecule has 80 valence electrons. The Morgan fingerprint density at radius 2 is 2.07 bits per heavy atom. The Morgan fingerprint density at radius 1 is 1.40 bits per heavy atom. The molecule has 0 spiro atoms. The Labute approximate surface area is 94.1 Å². The van der Waals surface area contributed by atoms with Crippen LogP contribution < -0.4 is 5.32 Å². The molecule has 0 aliphatic heterocycles. The lowest BCUT2D eigenvalue weighted by atomic mass is 10.3. The van der Waals surface area contributed by atoms with E-state index in [4.69, 9.17) is 0 Å². The van der Waals surface area contributed by atoms with Gasteiger partial charge in [-0.2, -0.15) is 0 Å². The van der Waals surface area contributed by atoms with Gasteiger partial charge in [0.2, 0.25) is 5.91 Å². The smallest absolute Gasteiger partial charge is 0.248 e. The largest absolute Gasteiger partial charge is 0.320 e. The van der Waals surface area contributed by atoms with Gasteiger partial charge >= 0.3 is 0 Å². The van der Waals surface area contributed by atoms with Crippen LogP contribution in [-0.4, -0.2) is 5.91 Å². The third-order valence-electron chi connectivity index (χ3n) is 1.59. The lowest BCUT2D eigenvalue weighted by Gasteiger charge is -2.05. The van der Waals surface area contributed by atoms with Gasteiger partial charge in [0.05, 0.1) is 10.2 Å². The van der Waals surface area contributed by atoms with Gasteiger partial charge in [0.15, 0.2) is 0 Å². The SMILES string of the molecule is C/C=C/C(=O)Nc1cc(Br)c(F)cc1F. The predicted octanol–water partition coefficient (Wildman–Crippen LogP) is 3.24. The van der Waals surface area contributed by atoms with Crippen LogP contribution in [0.3, 0.4) is 0 Å². The summed E-state index contributed by atoms with van der Waals surface area (Å²) in [5.74, 6) is -1.99. The first-order valence-electron chi connectivity index (χ1n) is 4.13. The molecule has 0 fully saturated rings. The van der Waals surface area contributed by atoms with E-state index in [9.17, 15) is 13.6 Å². The summed E-state index contributed by atoms with van der Waals surface area (Å²) in [7, 11) is 0. The van der Waals surface area contributed by atoms with E-state index in [2.05, 4.69) is 21.2 Å². The molecule has 1 amide bonds. The van der Waals surface area contributed by atoms with Gasteiger partial charge in [-0.05, 0) is 35.0 Å². The molecule has 0 aromatic heterocycles. The van der Waals surface area contributed by atoms with Crippen molar-refractivity contribution in [3.63, 3.8) is 0 Å². The minimum absolute atomic E-state index is 0.0635. The van der Waals surface area contributed by atoms with E-state index in [1.54, 1.807) is 6.92 Å². The Hall–Kier alpha value is -1.23. The topological polar surface area (TPSA) is 29.1 Å². The number of hydrogen-bond acceptors (Lipinski definition) is 1. The van der Waals surface area contributed by atoms with Crippen LogP contribution in [0.4, 0.5) is 14.5 Å². The number of carbonyl (C=O) groups excluding carboxylic acids is 1. The van der Waals surface area contributed by atoms with Crippen LogP contribution in [0.25, 0.3) is 0 Å². The van der Waals surface area contributed by atoms with Gasteiger partial charge in [0.1, 0.15) is 11.6 Å². The van der Waals surface area contributed by atoms with Crippen molar-refractivity contribution in [2.75, 3.05) is 5.32 Å². The molecule has 1 N–H and O–H groups in total. The van der Waals surface area contributed by atoms with Crippen molar-refractivity contribution in [1.82, 2.24) is 0 Å². The number of allylic oxidation sites excluding steroid dienone is 1. The maximum atomic E-state index is 13.1. The second-order valence-corrected chi connectivity index (χ2v) is 3.59. The van der Waals surface area contributed by atoms with Crippen LogP contribution >= 0.6 is 15.9 Å². The summed E-state index contributed by atoms with van der Waals surface area (Å²) < 4.78 is 26.1. The molecular formula is C10H8BrF2NO. The van der Waals surface area contributed by atoms with Gasteiger partial charge in [0, 0.05) is 6.07 Å². The van der Waals surface area contributed by atoms with E-state index in [1.165, 1.54) is 18.2 Å². The standard InChI is InChI=1S/C10H8BrF2NO/c1-2-3-10(15)14-9-4-6(11)7(12)5-8(9)13/h2-5H,1H3,(H,14,15)/b3-2+. The summed E-state index contributed by atoms with van der Waals surface area (Å²) >= 11 is 2.90. The summed E-state index contributed by atoms with van der Waals surface area (Å²) in [5.41, 5.74) is -0.0635. The summed E-state index contributed by atoms with van der Waals surface area (Å²) in [6, 6.07) is 1.88. The number of anilines is 1. The molecule has 1 aromatic rings. The number of carbonyl (C=O) groups is 1. The van der Waals surface area contributed by atoms with Crippen molar-refractivity contribution in [3.8, 4) is 0 Å². The summed E-state index contributed by atoms with van der Waals surface area (Å²) in [6.07, 6.45) is 2.77. The van der Waals surface area contributed by atoms with Gasteiger partial charge < -0.3 is 5.32 Å². The first kappa shape index (κ1) is 11.8. The second-order valence-electron chi connectivity index (χ2n) is 2.74. The molecule has 2 nitrogen and oxygen atoms in total. The second kappa shape index (κ2) is 5.02. The number of benzene rings is 1. The monoisotopic (exact) mass is 275 g/mol. The third kappa shape index (κ3) is 3.13. The summed E-state index contributed by atoms with van der Waals surface area (Å²) in [5, 5.41) is 2.28. The van der Waals surface area contributed by atoms with Crippen LogP contribution in [0, 0.1) is 11.6 Å². The van der Waals surface area contributed by atoms with Crippen LogP contribution in [0.5, 0.6) is 0 Å². The van der Waals surface area contributed by atoms with Crippen molar-refractivity contribution in [1.29, 1.82) is 0 Å². The third-order valence-corrected chi connectivity index (χ3v) is 2.19. The maximum Gasteiger partial charge on any atom is 0.248 e. The highest BCUT2D eigenvalue weighted by molar-refractivity contribution is 9.10. The predicted molar refractivity (Wildman–Crippen MR) is 57.5 cm³/mol. The van der Waals surface area contributed by atoms with E-state index in [0.29, 0.717) is 6.07 Å². The highest BCUT2D eigenvalue weighted by atomic mass is 79.9. The van der Waals surface area contributed by atoms with Gasteiger partial charge in [0.25, 0.3) is 0 Å². The average Bonchev–Trinajstić information content (AvgIpc) is 2.14. The zero-order chi connectivity index (χ0) is 11.4. The summed E-state index contributed by atoms with van der Waals surface area (Å²) in [4.78, 5) is 11.1. The highest BCUT2D eigenvalue weighted by Gasteiger charge is 2.09. The number of amides is 1. The lowest BCUT2D eigenvalue weighted by molar-refractivity contribution is -0.111. The molecule has 0 radical (unpaired) electrons. The Morgan fingerprint density at radius 3 is 2.67 bits per heavy atom. The normalized spacial score (nSPS) is 10.7. The Bertz CT molecular complexity index is 418. The van der Waals surface area contributed by atoms with Gasteiger partial charge in [-0.15, -0.1) is 0 Å². The molecule has 0 aliphatic carbocycles. The molecule has 1 aromatic carbocycles. The average molecular weight is 276 g/mol. The Balaban J connectivity index is 2.95. The van der Waals surface area contributed by atoms with Crippen LogP contribution in [0.2, 0.25) is 0 Å². The van der Waals surface area contributed by atoms with Gasteiger partial charge in [-0.25, -0.2) is 8.78 Å². The zero-order valence-corrected chi connectivity index (χ0v) is 9.44. The van der Waals surface area contributed by atoms with E-state index in [-0.39, 0.29) is 10.2 Å². The minimum Gasteiger partial charge on any atom is -0.320 e. The quantitative estimate of drug-likeness (QED) is 0.652. The van der Waals surface area contributed by atoms with E-state index in [1.807, 2.05) is 0 Å². The molecule has 0 heterocycles. The van der Waals surface area contributed by atoms with Gasteiger partial charge in [-0.3, -0.25) is 4.79 Å². The van der Waals surface area contributed by atoms with Crippen molar-refractivity contribution in [2.24, 2.45) is 0 Å². The van der Waals surface area contributed by atoms with Crippen molar-refractivity contribution < 1.29 is 13.6 Å². The lowest BCUT2D eigenvalue weighted by Crippen LogP contribution is -2.09. The first-order chi connectivity index (χ1) is 7.04. The molecule has 0 aliphatic rings. The number of rotatable bonds is 2.